The number of para-hydroxylation sites is 1. The van der Waals surface area contributed by atoms with E-state index in [0.717, 1.165) is 9.87 Å². The van der Waals surface area contributed by atoms with E-state index in [4.69, 9.17) is 21.1 Å². The number of sulfonamides is 1. The van der Waals surface area contributed by atoms with Gasteiger partial charge in [-0.25, -0.2) is 8.42 Å². The fraction of sp³-hybridized carbons (Fsp3) is 0.259. The van der Waals surface area contributed by atoms with Crippen molar-refractivity contribution in [3.05, 3.63) is 82.9 Å². The number of carbonyl (C=O) groups excluding carboxylic acids is 2. The number of carbonyl (C=O) groups is 2. The molecule has 202 valence electrons. The molecule has 38 heavy (non-hydrogen) atoms. The van der Waals surface area contributed by atoms with Crippen LogP contribution in [0.25, 0.3) is 0 Å². The van der Waals surface area contributed by atoms with Crippen LogP contribution < -0.4 is 19.7 Å². The highest BCUT2D eigenvalue weighted by atomic mass is 35.5. The summed E-state index contributed by atoms with van der Waals surface area (Å²) >= 11 is 6.19. The Kier molecular flexibility index (Phi) is 10.1. The summed E-state index contributed by atoms with van der Waals surface area (Å²) in [5.74, 6) is -0.825. The summed E-state index contributed by atoms with van der Waals surface area (Å²) in [6.45, 7) is 2.13. The molecule has 11 heteroatoms. The minimum absolute atomic E-state index is 0.00577. The average molecular weight is 560 g/mol. The molecule has 0 atom stereocenters. The molecule has 0 aliphatic rings. The molecule has 0 heterocycles. The minimum Gasteiger partial charge on any atom is -0.495 e. The normalized spacial score (nSPS) is 11.1. The number of aryl methyl sites for hydroxylation is 1. The van der Waals surface area contributed by atoms with Crippen LogP contribution in [0.3, 0.4) is 0 Å². The first-order valence-electron chi connectivity index (χ1n) is 11.8. The highest BCUT2D eigenvalue weighted by Crippen LogP contribution is 2.35. The van der Waals surface area contributed by atoms with Crippen molar-refractivity contribution in [3.63, 3.8) is 0 Å². The fourth-order valence-corrected chi connectivity index (χ4v) is 5.21. The van der Waals surface area contributed by atoms with Crippen molar-refractivity contribution in [2.24, 2.45) is 0 Å². The first-order valence-corrected chi connectivity index (χ1v) is 13.6. The van der Waals surface area contributed by atoms with Gasteiger partial charge in [0.2, 0.25) is 5.91 Å². The van der Waals surface area contributed by atoms with Gasteiger partial charge in [-0.2, -0.15) is 0 Å². The highest BCUT2D eigenvalue weighted by Gasteiger charge is 2.30. The van der Waals surface area contributed by atoms with E-state index in [1.807, 2.05) is 6.92 Å². The van der Waals surface area contributed by atoms with Crippen LogP contribution in [0.2, 0.25) is 5.02 Å². The lowest BCUT2D eigenvalue weighted by Gasteiger charge is -2.26. The second-order valence-corrected chi connectivity index (χ2v) is 10.6. The number of rotatable bonds is 12. The molecule has 0 aliphatic carbocycles. The number of nitrogens with one attached hydrogen (secondary N) is 2. The molecule has 0 saturated carbocycles. The second kappa shape index (κ2) is 13.3. The Bertz CT molecular complexity index is 1380. The molecule has 0 spiro atoms. The Morgan fingerprint density at radius 2 is 1.71 bits per heavy atom. The maximum Gasteiger partial charge on any atom is 0.264 e. The van der Waals surface area contributed by atoms with Gasteiger partial charge in [0.05, 0.1) is 28.9 Å². The third-order valence-corrected chi connectivity index (χ3v) is 7.57. The van der Waals surface area contributed by atoms with Gasteiger partial charge in [0.15, 0.2) is 0 Å². The Labute approximate surface area is 227 Å². The second-order valence-electron chi connectivity index (χ2n) is 8.34. The number of hydrogen-bond donors (Lipinski definition) is 2. The standard InChI is InChI=1S/C27H30ClN3O6S/c1-19-9-12-21(13-10-19)38(34,35)31(24-17-20(28)11-14-25(24)37-3)18-26(32)30-23-8-5-4-7-22(23)27(33)29-15-6-16-36-2/h4-5,7-14,17H,6,15-16,18H2,1-3H3,(H,29,33)(H,30,32). The first kappa shape index (κ1) is 29.0. The van der Waals surface area contributed by atoms with Gasteiger partial charge in [0.25, 0.3) is 15.9 Å². The average Bonchev–Trinajstić information content (AvgIpc) is 2.90. The summed E-state index contributed by atoms with van der Waals surface area (Å²) in [4.78, 5) is 25.9. The molecule has 3 aromatic rings. The van der Waals surface area contributed by atoms with Crippen molar-refractivity contribution in [1.29, 1.82) is 0 Å². The smallest absolute Gasteiger partial charge is 0.264 e. The first-order chi connectivity index (χ1) is 18.2. The number of ether oxygens (including phenoxy) is 2. The van der Waals surface area contributed by atoms with Gasteiger partial charge in [-0.05, 0) is 55.8 Å². The van der Waals surface area contributed by atoms with Gasteiger partial charge in [0, 0.05) is 25.3 Å². The molecule has 0 fully saturated rings. The van der Waals surface area contributed by atoms with E-state index in [1.54, 1.807) is 49.6 Å². The molecule has 2 N–H and O–H groups in total. The number of amides is 2. The molecule has 2 amide bonds. The summed E-state index contributed by atoms with van der Waals surface area (Å²) in [5.41, 5.74) is 1.46. The third kappa shape index (κ3) is 7.25. The summed E-state index contributed by atoms with van der Waals surface area (Å²) in [6, 6.07) is 17.3. The number of methoxy groups -OCH3 is 2. The Hall–Kier alpha value is -3.60. The van der Waals surface area contributed by atoms with Gasteiger partial charge < -0.3 is 20.1 Å². The van der Waals surface area contributed by atoms with Crippen LogP contribution in [0.4, 0.5) is 11.4 Å². The van der Waals surface area contributed by atoms with Crippen LogP contribution in [0.15, 0.2) is 71.6 Å². The molecule has 0 bridgehead atoms. The van der Waals surface area contributed by atoms with Gasteiger partial charge in [-0.15, -0.1) is 0 Å². The lowest BCUT2D eigenvalue weighted by Crippen LogP contribution is -2.38. The number of benzene rings is 3. The van der Waals surface area contributed by atoms with Gasteiger partial charge in [-0.3, -0.25) is 13.9 Å². The number of nitrogens with zero attached hydrogens (tertiary/aromatic N) is 1. The van der Waals surface area contributed by atoms with Crippen LogP contribution in [-0.4, -0.2) is 54.1 Å². The zero-order valence-electron chi connectivity index (χ0n) is 21.4. The van der Waals surface area contributed by atoms with E-state index < -0.39 is 22.5 Å². The Morgan fingerprint density at radius 3 is 2.39 bits per heavy atom. The Balaban J connectivity index is 1.93. The predicted molar refractivity (Wildman–Crippen MR) is 148 cm³/mol. The molecule has 0 radical (unpaired) electrons. The molecule has 0 unspecified atom stereocenters. The van der Waals surface area contributed by atoms with Gasteiger partial charge in [-0.1, -0.05) is 41.4 Å². The van der Waals surface area contributed by atoms with Crippen molar-refractivity contribution in [1.82, 2.24) is 5.32 Å². The van der Waals surface area contributed by atoms with Gasteiger partial charge in [0.1, 0.15) is 12.3 Å². The van der Waals surface area contributed by atoms with E-state index in [-0.39, 0.29) is 38.5 Å². The summed E-state index contributed by atoms with van der Waals surface area (Å²) in [5, 5.41) is 5.72. The maximum absolute atomic E-state index is 13.7. The molecular formula is C27H30ClN3O6S. The van der Waals surface area contributed by atoms with E-state index >= 15 is 0 Å². The SMILES string of the molecule is COCCCNC(=O)c1ccccc1NC(=O)CN(c1cc(Cl)ccc1OC)S(=O)(=O)c1ccc(C)cc1. The van der Waals surface area contributed by atoms with Crippen molar-refractivity contribution in [2.45, 2.75) is 18.2 Å². The van der Waals surface area contributed by atoms with E-state index in [0.29, 0.717) is 19.6 Å². The zero-order valence-corrected chi connectivity index (χ0v) is 22.9. The van der Waals surface area contributed by atoms with Crippen molar-refractivity contribution in [3.8, 4) is 5.75 Å². The molecule has 3 rings (SSSR count). The molecule has 3 aromatic carbocycles. The van der Waals surface area contributed by atoms with E-state index in [1.165, 1.54) is 31.4 Å². The monoisotopic (exact) mass is 559 g/mol. The van der Waals surface area contributed by atoms with Crippen LogP contribution in [-0.2, 0) is 19.6 Å². The van der Waals surface area contributed by atoms with E-state index in [2.05, 4.69) is 10.6 Å². The molecule has 0 aliphatic heterocycles. The molecule has 0 saturated heterocycles. The summed E-state index contributed by atoms with van der Waals surface area (Å²) in [7, 11) is -1.24. The minimum atomic E-state index is -4.21. The van der Waals surface area contributed by atoms with Crippen LogP contribution in [0, 0.1) is 6.92 Å². The summed E-state index contributed by atoms with van der Waals surface area (Å²) in [6.07, 6.45) is 0.629. The van der Waals surface area contributed by atoms with Crippen molar-refractivity contribution >= 4 is 44.8 Å². The number of hydrogen-bond acceptors (Lipinski definition) is 6. The largest absolute Gasteiger partial charge is 0.495 e. The molecular weight excluding hydrogens is 530 g/mol. The Morgan fingerprint density at radius 1 is 1.00 bits per heavy atom. The predicted octanol–water partition coefficient (Wildman–Crippen LogP) is 4.26. The van der Waals surface area contributed by atoms with Crippen LogP contribution >= 0.6 is 11.6 Å². The highest BCUT2D eigenvalue weighted by molar-refractivity contribution is 7.92. The van der Waals surface area contributed by atoms with E-state index in [9.17, 15) is 18.0 Å². The third-order valence-electron chi connectivity index (χ3n) is 5.56. The van der Waals surface area contributed by atoms with Crippen LogP contribution in [0.1, 0.15) is 22.3 Å². The summed E-state index contributed by atoms with van der Waals surface area (Å²) < 4.78 is 38.8. The zero-order chi connectivity index (χ0) is 27.7. The van der Waals surface area contributed by atoms with Crippen LogP contribution in [0.5, 0.6) is 5.75 Å². The topological polar surface area (TPSA) is 114 Å². The van der Waals surface area contributed by atoms with Crippen molar-refractivity contribution in [2.75, 3.05) is 43.5 Å². The van der Waals surface area contributed by atoms with Gasteiger partial charge >= 0.3 is 0 Å². The lowest BCUT2D eigenvalue weighted by molar-refractivity contribution is -0.114. The number of halogens is 1. The van der Waals surface area contributed by atoms with Crippen molar-refractivity contribution < 1.29 is 27.5 Å². The quantitative estimate of drug-likeness (QED) is 0.321. The lowest BCUT2D eigenvalue weighted by atomic mass is 10.1. The number of anilines is 2. The maximum atomic E-state index is 13.7. The molecule has 0 aromatic heterocycles. The molecule has 9 nitrogen and oxygen atoms in total. The fourth-order valence-electron chi connectivity index (χ4n) is 3.62.